The zero-order valence-corrected chi connectivity index (χ0v) is 13.4. The number of amides is 2. The van der Waals surface area contributed by atoms with Gasteiger partial charge < -0.3 is 15.5 Å². The first kappa shape index (κ1) is 17.5. The molecule has 6 heteroatoms. The first-order valence-corrected chi connectivity index (χ1v) is 7.20. The fourth-order valence-electron chi connectivity index (χ4n) is 1.90. The van der Waals surface area contributed by atoms with Crippen molar-refractivity contribution in [1.29, 1.82) is 0 Å². The lowest BCUT2D eigenvalue weighted by Gasteiger charge is -2.19. The van der Waals surface area contributed by atoms with Gasteiger partial charge in [0, 0.05) is 25.0 Å². The Kier molecular flexibility index (Phi) is 7.19. The molecule has 0 spiro atoms. The molecule has 2 N–H and O–H groups in total. The maximum absolute atomic E-state index is 12.0. The van der Waals surface area contributed by atoms with Crippen molar-refractivity contribution in [3.63, 3.8) is 0 Å². The van der Waals surface area contributed by atoms with Gasteiger partial charge in [-0.05, 0) is 31.8 Å². The second kappa shape index (κ2) is 8.64. The monoisotopic (exact) mass is 311 g/mol. The van der Waals surface area contributed by atoms with Crippen molar-refractivity contribution < 1.29 is 9.59 Å². The van der Waals surface area contributed by atoms with Crippen molar-refractivity contribution in [2.45, 2.75) is 19.4 Å². The van der Waals surface area contributed by atoms with Crippen LogP contribution >= 0.6 is 11.6 Å². The van der Waals surface area contributed by atoms with Crippen LogP contribution in [0.1, 0.15) is 24.9 Å². The van der Waals surface area contributed by atoms with Gasteiger partial charge in [-0.2, -0.15) is 0 Å². The van der Waals surface area contributed by atoms with Gasteiger partial charge in [0.05, 0.1) is 12.5 Å². The Morgan fingerprint density at radius 2 is 2.05 bits per heavy atom. The van der Waals surface area contributed by atoms with Crippen molar-refractivity contribution >= 4 is 23.4 Å². The van der Waals surface area contributed by atoms with Crippen LogP contribution in [0.2, 0.25) is 5.02 Å². The number of likely N-dealkylation sites (N-methyl/N-ethyl adjacent to an activating group) is 1. The fraction of sp³-hybridized carbons (Fsp3) is 0.467. The normalized spacial score (nSPS) is 12.0. The molecule has 0 aliphatic carbocycles. The van der Waals surface area contributed by atoms with Gasteiger partial charge in [-0.1, -0.05) is 23.7 Å². The first-order valence-electron chi connectivity index (χ1n) is 6.82. The number of carbonyl (C=O) groups is 2. The number of halogens is 1. The molecule has 0 aliphatic rings. The summed E-state index contributed by atoms with van der Waals surface area (Å²) in [6, 6.07) is 6.79. The maximum Gasteiger partial charge on any atom is 0.222 e. The molecule has 116 valence electrons. The zero-order chi connectivity index (χ0) is 15.8. The quantitative estimate of drug-likeness (QED) is 0.804. The lowest BCUT2D eigenvalue weighted by molar-refractivity contribution is -0.122. The predicted octanol–water partition coefficient (Wildman–Crippen LogP) is 1.59. The van der Waals surface area contributed by atoms with Crippen molar-refractivity contribution in [2.24, 2.45) is 0 Å². The van der Waals surface area contributed by atoms with Crippen molar-refractivity contribution in [1.82, 2.24) is 15.5 Å². The Morgan fingerprint density at radius 3 is 2.62 bits per heavy atom. The van der Waals surface area contributed by atoms with E-state index in [4.69, 9.17) is 11.6 Å². The van der Waals surface area contributed by atoms with Crippen molar-refractivity contribution in [3.8, 4) is 0 Å². The molecule has 1 unspecified atom stereocenters. The number of rotatable bonds is 7. The molecule has 0 saturated heterocycles. The minimum absolute atomic E-state index is 0.101. The Labute approximate surface area is 130 Å². The highest BCUT2D eigenvalue weighted by atomic mass is 35.5. The van der Waals surface area contributed by atoms with E-state index in [9.17, 15) is 9.59 Å². The SMILES string of the molecule is CC(=O)NC(CC(=O)NCCN(C)C)c1cccc(Cl)c1. The first-order chi connectivity index (χ1) is 9.88. The maximum atomic E-state index is 12.0. The molecule has 0 saturated carbocycles. The van der Waals surface area contributed by atoms with Gasteiger partial charge in [0.15, 0.2) is 0 Å². The van der Waals surface area contributed by atoms with E-state index in [2.05, 4.69) is 10.6 Å². The summed E-state index contributed by atoms with van der Waals surface area (Å²) >= 11 is 5.96. The van der Waals surface area contributed by atoms with Crippen LogP contribution < -0.4 is 10.6 Å². The summed E-state index contributed by atoms with van der Waals surface area (Å²) in [5, 5.41) is 6.20. The molecule has 1 aromatic carbocycles. The zero-order valence-electron chi connectivity index (χ0n) is 12.6. The minimum Gasteiger partial charge on any atom is -0.355 e. The molecule has 0 aliphatic heterocycles. The summed E-state index contributed by atoms with van der Waals surface area (Å²) in [7, 11) is 3.89. The summed E-state index contributed by atoms with van der Waals surface area (Å²) in [6.07, 6.45) is 0.188. The van der Waals surface area contributed by atoms with Gasteiger partial charge >= 0.3 is 0 Å². The summed E-state index contributed by atoms with van der Waals surface area (Å²) in [4.78, 5) is 25.3. The number of nitrogens with zero attached hydrogens (tertiary/aromatic N) is 1. The third-order valence-electron chi connectivity index (χ3n) is 2.90. The van der Waals surface area contributed by atoms with E-state index in [1.54, 1.807) is 18.2 Å². The summed E-state index contributed by atoms with van der Waals surface area (Å²) in [5.74, 6) is -0.281. The van der Waals surface area contributed by atoms with Crippen LogP contribution in [0.3, 0.4) is 0 Å². The second-order valence-corrected chi connectivity index (χ2v) is 5.60. The molecule has 2 amide bonds. The minimum atomic E-state index is -0.374. The molecule has 0 radical (unpaired) electrons. The molecule has 0 aromatic heterocycles. The number of hydrogen-bond donors (Lipinski definition) is 2. The topological polar surface area (TPSA) is 61.4 Å². The molecule has 0 heterocycles. The van der Waals surface area contributed by atoms with Gasteiger partial charge in [-0.15, -0.1) is 0 Å². The Balaban J connectivity index is 2.66. The van der Waals surface area contributed by atoms with E-state index in [0.29, 0.717) is 11.6 Å². The van der Waals surface area contributed by atoms with E-state index in [0.717, 1.165) is 12.1 Å². The van der Waals surface area contributed by atoms with E-state index in [-0.39, 0.29) is 24.3 Å². The van der Waals surface area contributed by atoms with E-state index < -0.39 is 0 Å². The third-order valence-corrected chi connectivity index (χ3v) is 3.13. The van der Waals surface area contributed by atoms with E-state index in [1.807, 2.05) is 25.1 Å². The number of hydrogen-bond acceptors (Lipinski definition) is 3. The summed E-state index contributed by atoms with van der Waals surface area (Å²) < 4.78 is 0. The largest absolute Gasteiger partial charge is 0.355 e. The molecule has 0 bridgehead atoms. The average Bonchev–Trinajstić information content (AvgIpc) is 2.37. The Hall–Kier alpha value is -1.59. The fourth-order valence-corrected chi connectivity index (χ4v) is 2.10. The van der Waals surface area contributed by atoms with Crippen LogP contribution in [0.15, 0.2) is 24.3 Å². The van der Waals surface area contributed by atoms with Gasteiger partial charge in [0.25, 0.3) is 0 Å². The number of carbonyl (C=O) groups excluding carboxylic acids is 2. The van der Waals surface area contributed by atoms with Crippen LogP contribution in [-0.2, 0) is 9.59 Å². The summed E-state index contributed by atoms with van der Waals surface area (Å²) in [5.41, 5.74) is 0.820. The van der Waals surface area contributed by atoms with Crippen molar-refractivity contribution in [2.75, 3.05) is 27.2 Å². The third kappa shape index (κ3) is 7.11. The predicted molar refractivity (Wildman–Crippen MR) is 84.2 cm³/mol. The van der Waals surface area contributed by atoms with Gasteiger partial charge in [0.2, 0.25) is 11.8 Å². The Morgan fingerprint density at radius 1 is 1.33 bits per heavy atom. The van der Waals surface area contributed by atoms with Crippen LogP contribution in [0.5, 0.6) is 0 Å². The van der Waals surface area contributed by atoms with Crippen LogP contribution in [0.4, 0.5) is 0 Å². The number of benzene rings is 1. The van der Waals surface area contributed by atoms with Gasteiger partial charge in [-0.25, -0.2) is 0 Å². The van der Waals surface area contributed by atoms with Gasteiger partial charge in [-0.3, -0.25) is 9.59 Å². The average molecular weight is 312 g/mol. The molecular formula is C15H22ClN3O2. The van der Waals surface area contributed by atoms with E-state index in [1.165, 1.54) is 6.92 Å². The summed E-state index contributed by atoms with van der Waals surface area (Å²) in [6.45, 7) is 2.78. The molecule has 5 nitrogen and oxygen atoms in total. The van der Waals surface area contributed by atoms with Gasteiger partial charge in [0.1, 0.15) is 0 Å². The number of nitrogens with one attached hydrogen (secondary N) is 2. The Bertz CT molecular complexity index is 492. The lowest BCUT2D eigenvalue weighted by atomic mass is 10.0. The molecule has 1 aromatic rings. The van der Waals surface area contributed by atoms with Crippen LogP contribution in [0, 0.1) is 0 Å². The highest BCUT2D eigenvalue weighted by molar-refractivity contribution is 6.30. The van der Waals surface area contributed by atoms with Crippen LogP contribution in [-0.4, -0.2) is 43.9 Å². The van der Waals surface area contributed by atoms with Crippen molar-refractivity contribution in [3.05, 3.63) is 34.9 Å². The van der Waals surface area contributed by atoms with E-state index >= 15 is 0 Å². The smallest absolute Gasteiger partial charge is 0.222 e. The molecule has 1 atom stereocenters. The standard InChI is InChI=1S/C15H22ClN3O2/c1-11(20)18-14(12-5-4-6-13(16)9-12)10-15(21)17-7-8-19(2)3/h4-6,9,14H,7-8,10H2,1-3H3,(H,17,21)(H,18,20). The lowest BCUT2D eigenvalue weighted by Crippen LogP contribution is -2.35. The second-order valence-electron chi connectivity index (χ2n) is 5.17. The molecule has 21 heavy (non-hydrogen) atoms. The molecule has 0 fully saturated rings. The highest BCUT2D eigenvalue weighted by Crippen LogP contribution is 2.20. The van der Waals surface area contributed by atoms with Crippen LogP contribution in [0.25, 0.3) is 0 Å². The molecular weight excluding hydrogens is 290 g/mol. The highest BCUT2D eigenvalue weighted by Gasteiger charge is 2.17. The molecule has 1 rings (SSSR count).